The fraction of sp³-hybridized carbons (Fsp3) is 0.771. The molecule has 0 aromatic rings. The number of allylic oxidation sites excluding steroid dienone is 5. The minimum Gasteiger partial charge on any atom is -0.462 e. The molecular formula is C35H63O9P. The van der Waals surface area contributed by atoms with Crippen molar-refractivity contribution in [2.24, 2.45) is 0 Å². The maximum absolute atomic E-state index is 12.3. The number of hydrogen-bond acceptors (Lipinski definition) is 7. The first-order valence-corrected chi connectivity index (χ1v) is 18.9. The second-order valence-electron chi connectivity index (χ2n) is 11.7. The zero-order valence-corrected chi connectivity index (χ0v) is 29.0. The minimum atomic E-state index is -4.79. The SMILES string of the molecule is CCCCCCCC/C=C/C/C=C/C=C/C(O)CCCC(=O)O[C@H](COC(=O)CCCCCCCCCCC)COP(=O)(O)O. The first kappa shape index (κ1) is 43.2. The number of aliphatic hydroxyl groups is 1. The van der Waals surface area contributed by atoms with Crippen LogP contribution in [0.3, 0.4) is 0 Å². The van der Waals surface area contributed by atoms with E-state index in [1.807, 2.05) is 12.2 Å². The van der Waals surface area contributed by atoms with Crippen LogP contribution in [0.1, 0.15) is 149 Å². The van der Waals surface area contributed by atoms with E-state index < -0.39 is 38.6 Å². The van der Waals surface area contributed by atoms with E-state index >= 15 is 0 Å². The van der Waals surface area contributed by atoms with E-state index in [-0.39, 0.29) is 19.4 Å². The molecule has 0 radical (unpaired) electrons. The summed E-state index contributed by atoms with van der Waals surface area (Å²) < 4.78 is 26.0. The summed E-state index contributed by atoms with van der Waals surface area (Å²) in [5, 5.41) is 10.2. The molecule has 2 atom stereocenters. The van der Waals surface area contributed by atoms with Crippen molar-refractivity contribution in [2.45, 2.75) is 161 Å². The molecule has 0 aromatic heterocycles. The summed E-state index contributed by atoms with van der Waals surface area (Å²) in [6.45, 7) is 3.46. The summed E-state index contributed by atoms with van der Waals surface area (Å²) in [5.41, 5.74) is 0. The Morgan fingerprint density at radius 1 is 0.689 bits per heavy atom. The van der Waals surface area contributed by atoms with E-state index in [4.69, 9.17) is 19.3 Å². The third-order valence-corrected chi connectivity index (χ3v) is 7.75. The molecule has 0 saturated carbocycles. The van der Waals surface area contributed by atoms with E-state index in [0.29, 0.717) is 19.3 Å². The Bertz CT molecular complexity index is 850. The zero-order chi connectivity index (χ0) is 33.4. The Hall–Kier alpha value is -1.77. The summed E-state index contributed by atoms with van der Waals surface area (Å²) >= 11 is 0. The van der Waals surface area contributed by atoms with Gasteiger partial charge < -0.3 is 24.4 Å². The Kier molecular flexibility index (Phi) is 29.6. The van der Waals surface area contributed by atoms with Crippen molar-refractivity contribution in [1.29, 1.82) is 0 Å². The number of phosphoric ester groups is 1. The average molecular weight is 659 g/mol. The van der Waals surface area contributed by atoms with Gasteiger partial charge >= 0.3 is 19.8 Å². The molecule has 0 rings (SSSR count). The molecular weight excluding hydrogens is 595 g/mol. The third-order valence-electron chi connectivity index (χ3n) is 7.27. The maximum atomic E-state index is 12.3. The first-order chi connectivity index (χ1) is 21.7. The van der Waals surface area contributed by atoms with Crippen LogP contribution in [-0.4, -0.2) is 52.3 Å². The lowest BCUT2D eigenvalue weighted by Crippen LogP contribution is -2.29. The van der Waals surface area contributed by atoms with Gasteiger partial charge in [0.15, 0.2) is 6.10 Å². The van der Waals surface area contributed by atoms with Crippen LogP contribution in [0.5, 0.6) is 0 Å². The average Bonchev–Trinajstić information content (AvgIpc) is 2.99. The monoisotopic (exact) mass is 658 g/mol. The topological polar surface area (TPSA) is 140 Å². The highest BCUT2D eigenvalue weighted by Gasteiger charge is 2.23. The van der Waals surface area contributed by atoms with Crippen molar-refractivity contribution in [1.82, 2.24) is 0 Å². The van der Waals surface area contributed by atoms with Gasteiger partial charge in [0.25, 0.3) is 0 Å². The molecule has 0 saturated heterocycles. The van der Waals surface area contributed by atoms with Crippen LogP contribution < -0.4 is 0 Å². The first-order valence-electron chi connectivity index (χ1n) is 17.4. The van der Waals surface area contributed by atoms with E-state index in [9.17, 15) is 19.3 Å². The van der Waals surface area contributed by atoms with Crippen molar-refractivity contribution in [2.75, 3.05) is 13.2 Å². The van der Waals surface area contributed by atoms with Gasteiger partial charge in [-0.05, 0) is 38.5 Å². The molecule has 3 N–H and O–H groups in total. The molecule has 0 spiro atoms. The van der Waals surface area contributed by atoms with Crippen LogP contribution in [0.4, 0.5) is 0 Å². The molecule has 10 heteroatoms. The zero-order valence-electron chi connectivity index (χ0n) is 28.1. The second kappa shape index (κ2) is 30.9. The molecule has 9 nitrogen and oxygen atoms in total. The van der Waals surface area contributed by atoms with Gasteiger partial charge in [-0.25, -0.2) is 4.57 Å². The highest BCUT2D eigenvalue weighted by molar-refractivity contribution is 7.46. The Labute approximate surface area is 273 Å². The number of esters is 2. The fourth-order valence-corrected chi connectivity index (χ4v) is 4.98. The predicted molar refractivity (Wildman–Crippen MR) is 181 cm³/mol. The quantitative estimate of drug-likeness (QED) is 0.0219. The Balaban J connectivity index is 4.22. The Morgan fingerprint density at radius 3 is 1.89 bits per heavy atom. The van der Waals surface area contributed by atoms with Crippen LogP contribution in [0.15, 0.2) is 36.5 Å². The van der Waals surface area contributed by atoms with Crippen molar-refractivity contribution in [3.05, 3.63) is 36.5 Å². The van der Waals surface area contributed by atoms with Crippen LogP contribution in [0.2, 0.25) is 0 Å². The molecule has 1 unspecified atom stereocenters. The molecule has 0 heterocycles. The number of phosphoric acid groups is 1. The standard InChI is InChI=1S/C35H63O9P/c1-3-5-7-9-11-13-14-15-16-18-19-21-23-26-32(36)27-25-29-35(38)44-33(31-43-45(39,40)41)30-42-34(37)28-24-22-20-17-12-10-8-6-4-2/h15-16,19,21,23,26,32-33,36H,3-14,17-18,20,22,24-25,27-31H2,1-2H3,(H2,39,40,41)/b16-15+,21-19+,26-23+/t32?,33-/m1/s1. The molecule has 45 heavy (non-hydrogen) atoms. The molecule has 0 aliphatic heterocycles. The van der Waals surface area contributed by atoms with E-state index in [1.165, 1.54) is 70.6 Å². The molecule has 0 aromatic carbocycles. The summed E-state index contributed by atoms with van der Waals surface area (Å²) in [5.74, 6) is -1.09. The van der Waals surface area contributed by atoms with Crippen molar-refractivity contribution in [3.8, 4) is 0 Å². The van der Waals surface area contributed by atoms with Gasteiger partial charge in [-0.3, -0.25) is 14.1 Å². The normalized spacial score (nSPS) is 13.6. The number of carbonyl (C=O) groups is 2. The fourth-order valence-electron chi connectivity index (χ4n) is 4.62. The number of aliphatic hydroxyl groups excluding tert-OH is 1. The van der Waals surface area contributed by atoms with Gasteiger partial charge in [0.2, 0.25) is 0 Å². The second-order valence-corrected chi connectivity index (χ2v) is 12.9. The Morgan fingerprint density at radius 2 is 1.27 bits per heavy atom. The van der Waals surface area contributed by atoms with Crippen LogP contribution >= 0.6 is 7.82 Å². The smallest absolute Gasteiger partial charge is 0.462 e. The van der Waals surface area contributed by atoms with Crippen molar-refractivity contribution >= 4 is 19.8 Å². The minimum absolute atomic E-state index is 0.0110. The van der Waals surface area contributed by atoms with Crippen molar-refractivity contribution in [3.63, 3.8) is 0 Å². The van der Waals surface area contributed by atoms with Crippen molar-refractivity contribution < 1.29 is 43.0 Å². The lowest BCUT2D eigenvalue weighted by Gasteiger charge is -2.18. The van der Waals surface area contributed by atoms with Crippen LogP contribution in [0.25, 0.3) is 0 Å². The predicted octanol–water partition coefficient (Wildman–Crippen LogP) is 8.81. The molecule has 0 aliphatic rings. The van der Waals surface area contributed by atoms with E-state index in [0.717, 1.165) is 32.1 Å². The van der Waals surface area contributed by atoms with E-state index in [2.05, 4.69) is 30.5 Å². The van der Waals surface area contributed by atoms with Crippen LogP contribution in [-0.2, 0) is 28.2 Å². The maximum Gasteiger partial charge on any atom is 0.469 e. The largest absolute Gasteiger partial charge is 0.469 e. The van der Waals surface area contributed by atoms with Gasteiger partial charge in [-0.2, -0.15) is 0 Å². The van der Waals surface area contributed by atoms with Gasteiger partial charge in [-0.1, -0.05) is 134 Å². The number of rotatable bonds is 31. The summed E-state index contributed by atoms with van der Waals surface area (Å²) in [7, 11) is -4.79. The highest BCUT2D eigenvalue weighted by atomic mass is 31.2. The number of unbranched alkanes of at least 4 members (excludes halogenated alkanes) is 14. The summed E-state index contributed by atoms with van der Waals surface area (Å²) in [6, 6.07) is 0. The van der Waals surface area contributed by atoms with Crippen LogP contribution in [0, 0.1) is 0 Å². The third kappa shape index (κ3) is 33.4. The highest BCUT2D eigenvalue weighted by Crippen LogP contribution is 2.35. The molecule has 0 aliphatic carbocycles. The molecule has 0 amide bonds. The van der Waals surface area contributed by atoms with E-state index in [1.54, 1.807) is 12.2 Å². The molecule has 262 valence electrons. The lowest BCUT2D eigenvalue weighted by atomic mass is 10.1. The van der Waals surface area contributed by atoms with Gasteiger partial charge in [-0.15, -0.1) is 0 Å². The molecule has 0 bridgehead atoms. The van der Waals surface area contributed by atoms with Gasteiger partial charge in [0.05, 0.1) is 12.7 Å². The van der Waals surface area contributed by atoms with Gasteiger partial charge in [0.1, 0.15) is 6.61 Å². The lowest BCUT2D eigenvalue weighted by molar-refractivity contribution is -0.161. The number of hydrogen-bond donors (Lipinski definition) is 3. The molecule has 0 fully saturated rings. The number of carbonyl (C=O) groups excluding carboxylic acids is 2. The van der Waals surface area contributed by atoms with Gasteiger partial charge in [0, 0.05) is 12.8 Å². The number of ether oxygens (including phenoxy) is 2. The summed E-state index contributed by atoms with van der Waals surface area (Å²) in [4.78, 5) is 42.5. The summed E-state index contributed by atoms with van der Waals surface area (Å²) in [6.07, 6.45) is 30.5.